The van der Waals surface area contributed by atoms with Gasteiger partial charge in [-0.1, -0.05) is 49.2 Å². The van der Waals surface area contributed by atoms with Crippen molar-refractivity contribution in [3.8, 4) is 11.1 Å². The molecule has 3 rings (SSSR count). The van der Waals surface area contributed by atoms with Gasteiger partial charge in [-0.15, -0.1) is 0 Å². The van der Waals surface area contributed by atoms with Crippen LogP contribution in [0.4, 0.5) is 4.39 Å². The zero-order chi connectivity index (χ0) is 16.1. The average molecular weight is 327 g/mol. The van der Waals surface area contributed by atoms with Gasteiger partial charge < -0.3 is 4.43 Å². The van der Waals surface area contributed by atoms with Crippen LogP contribution in [-0.2, 0) is 10.8 Å². The Bertz CT molecular complexity index is 601. The molecule has 2 aromatic rings. The van der Waals surface area contributed by atoms with Crippen molar-refractivity contribution in [2.24, 2.45) is 5.92 Å². The van der Waals surface area contributed by atoms with Crippen LogP contribution in [0.25, 0.3) is 11.1 Å². The standard InChI is InChI=1S/C20H24FOSi/c1-22-23-14-12-17(13-15-23)3-2-16-4-6-18(7-5-16)19-8-10-20(21)11-9-19/h4-11,17H,2-3,12-15H2,1H3. The predicted octanol–water partition coefficient (Wildman–Crippen LogP) is 5.47. The molecule has 23 heavy (non-hydrogen) atoms. The SMILES string of the molecule is CO[Si]1CCC(CCc2ccc(-c3ccc(F)cc3)cc2)CC1. The van der Waals surface area contributed by atoms with Gasteiger partial charge in [0.25, 0.3) is 0 Å². The van der Waals surface area contributed by atoms with Gasteiger partial charge in [-0.25, -0.2) is 4.39 Å². The van der Waals surface area contributed by atoms with Gasteiger partial charge in [-0.05, 0) is 59.7 Å². The Kier molecular flexibility index (Phi) is 5.63. The maximum atomic E-state index is 13.0. The molecule has 121 valence electrons. The summed E-state index contributed by atoms with van der Waals surface area (Å²) in [5.41, 5.74) is 3.62. The summed E-state index contributed by atoms with van der Waals surface area (Å²) in [6, 6.07) is 18.1. The summed E-state index contributed by atoms with van der Waals surface area (Å²) in [6.45, 7) is 0. The summed E-state index contributed by atoms with van der Waals surface area (Å²) < 4.78 is 18.5. The van der Waals surface area contributed by atoms with E-state index in [1.807, 2.05) is 19.2 Å². The first-order valence-electron chi connectivity index (χ1n) is 8.48. The van der Waals surface area contributed by atoms with Crippen LogP contribution in [0.2, 0.25) is 12.1 Å². The van der Waals surface area contributed by atoms with Gasteiger partial charge in [0.1, 0.15) is 5.82 Å². The highest BCUT2D eigenvalue weighted by atomic mass is 28.3. The number of halogens is 1. The number of benzene rings is 2. The zero-order valence-corrected chi connectivity index (χ0v) is 14.7. The van der Waals surface area contributed by atoms with E-state index in [1.165, 1.54) is 49.0 Å². The number of hydrogen-bond donors (Lipinski definition) is 0. The Morgan fingerprint density at radius 3 is 2.09 bits per heavy atom. The smallest absolute Gasteiger partial charge is 0.210 e. The molecule has 1 aliphatic heterocycles. The molecule has 1 fully saturated rings. The van der Waals surface area contributed by atoms with Crippen LogP contribution in [0.1, 0.15) is 24.8 Å². The van der Waals surface area contributed by atoms with Gasteiger partial charge >= 0.3 is 0 Å². The third-order valence-electron chi connectivity index (χ3n) is 4.92. The van der Waals surface area contributed by atoms with E-state index < -0.39 is 9.04 Å². The molecular formula is C20H24FOSi. The minimum absolute atomic E-state index is 0.184. The Morgan fingerprint density at radius 2 is 1.52 bits per heavy atom. The highest BCUT2D eigenvalue weighted by Crippen LogP contribution is 2.29. The molecule has 0 aliphatic carbocycles. The first kappa shape index (κ1) is 16.4. The van der Waals surface area contributed by atoms with Crippen LogP contribution in [0.15, 0.2) is 48.5 Å². The third-order valence-corrected chi connectivity index (χ3v) is 7.19. The Balaban J connectivity index is 1.53. The molecule has 0 bridgehead atoms. The molecule has 0 amide bonds. The molecule has 0 unspecified atom stereocenters. The molecule has 1 aliphatic rings. The van der Waals surface area contributed by atoms with Crippen molar-refractivity contribution < 1.29 is 8.82 Å². The quantitative estimate of drug-likeness (QED) is 0.661. The maximum absolute atomic E-state index is 13.0. The van der Waals surface area contributed by atoms with Crippen LogP contribution < -0.4 is 0 Å². The molecule has 0 N–H and O–H groups in total. The Morgan fingerprint density at radius 1 is 0.957 bits per heavy atom. The van der Waals surface area contributed by atoms with Crippen molar-refractivity contribution in [2.75, 3.05) is 7.11 Å². The second kappa shape index (κ2) is 7.89. The summed E-state index contributed by atoms with van der Waals surface area (Å²) in [6.07, 6.45) is 5.13. The van der Waals surface area contributed by atoms with E-state index in [4.69, 9.17) is 4.43 Å². The van der Waals surface area contributed by atoms with Crippen molar-refractivity contribution >= 4 is 9.04 Å². The van der Waals surface area contributed by atoms with E-state index in [-0.39, 0.29) is 5.82 Å². The van der Waals surface area contributed by atoms with Crippen LogP contribution in [0.3, 0.4) is 0 Å². The lowest BCUT2D eigenvalue weighted by atomic mass is 9.93. The lowest BCUT2D eigenvalue weighted by Crippen LogP contribution is -2.23. The van der Waals surface area contributed by atoms with Crippen LogP contribution >= 0.6 is 0 Å². The lowest BCUT2D eigenvalue weighted by Gasteiger charge is -2.25. The van der Waals surface area contributed by atoms with E-state index in [9.17, 15) is 4.39 Å². The predicted molar refractivity (Wildman–Crippen MR) is 95.3 cm³/mol. The first-order chi connectivity index (χ1) is 11.2. The van der Waals surface area contributed by atoms with E-state index in [0.717, 1.165) is 23.5 Å². The van der Waals surface area contributed by atoms with Gasteiger partial charge in [-0.2, -0.15) is 0 Å². The maximum Gasteiger partial charge on any atom is 0.210 e. The molecule has 0 spiro atoms. The Hall–Kier alpha value is -1.45. The average Bonchev–Trinajstić information content (AvgIpc) is 2.61. The molecule has 0 saturated carbocycles. The topological polar surface area (TPSA) is 9.23 Å². The summed E-state index contributed by atoms with van der Waals surface area (Å²) in [4.78, 5) is 0. The van der Waals surface area contributed by atoms with Gasteiger partial charge in [0.15, 0.2) is 0 Å². The highest BCUT2D eigenvalue weighted by Gasteiger charge is 2.22. The van der Waals surface area contributed by atoms with Gasteiger partial charge in [0.2, 0.25) is 9.04 Å². The molecule has 2 aromatic carbocycles. The number of rotatable bonds is 5. The number of hydrogen-bond acceptors (Lipinski definition) is 1. The zero-order valence-electron chi connectivity index (χ0n) is 13.7. The van der Waals surface area contributed by atoms with Crippen molar-refractivity contribution in [2.45, 2.75) is 37.8 Å². The van der Waals surface area contributed by atoms with Crippen molar-refractivity contribution in [3.63, 3.8) is 0 Å². The fourth-order valence-electron chi connectivity index (χ4n) is 3.37. The molecular weight excluding hydrogens is 303 g/mol. The molecule has 0 aromatic heterocycles. The molecule has 1 radical (unpaired) electrons. The van der Waals surface area contributed by atoms with E-state index >= 15 is 0 Å². The van der Waals surface area contributed by atoms with Gasteiger partial charge in [-0.3, -0.25) is 0 Å². The fraction of sp³-hybridized carbons (Fsp3) is 0.400. The van der Waals surface area contributed by atoms with Crippen LogP contribution in [0.5, 0.6) is 0 Å². The molecule has 1 heterocycles. The molecule has 1 nitrogen and oxygen atoms in total. The second-order valence-electron chi connectivity index (χ2n) is 6.43. The molecule has 3 heteroatoms. The molecule has 0 atom stereocenters. The van der Waals surface area contributed by atoms with Crippen LogP contribution in [-0.4, -0.2) is 16.2 Å². The number of aryl methyl sites for hydroxylation is 1. The largest absolute Gasteiger partial charge is 0.420 e. The lowest BCUT2D eigenvalue weighted by molar-refractivity contribution is 0.366. The van der Waals surface area contributed by atoms with E-state index in [0.29, 0.717) is 0 Å². The second-order valence-corrected chi connectivity index (χ2v) is 8.91. The molecule has 1 saturated heterocycles. The van der Waals surface area contributed by atoms with Crippen molar-refractivity contribution in [1.29, 1.82) is 0 Å². The van der Waals surface area contributed by atoms with Gasteiger partial charge in [0, 0.05) is 7.11 Å². The summed E-state index contributed by atoms with van der Waals surface area (Å²) in [5, 5.41) is 0. The van der Waals surface area contributed by atoms with Gasteiger partial charge in [0.05, 0.1) is 0 Å². The third kappa shape index (κ3) is 4.52. The monoisotopic (exact) mass is 327 g/mol. The van der Waals surface area contributed by atoms with Crippen molar-refractivity contribution in [1.82, 2.24) is 0 Å². The first-order valence-corrected chi connectivity index (χ1v) is 10.3. The Labute approximate surface area is 140 Å². The normalized spacial score (nSPS) is 16.6. The van der Waals surface area contributed by atoms with Crippen molar-refractivity contribution in [3.05, 3.63) is 59.9 Å². The minimum atomic E-state index is -0.467. The summed E-state index contributed by atoms with van der Waals surface area (Å²) in [5.74, 6) is 0.687. The minimum Gasteiger partial charge on any atom is -0.420 e. The highest BCUT2D eigenvalue weighted by molar-refractivity contribution is 6.51. The van der Waals surface area contributed by atoms with E-state index in [1.54, 1.807) is 0 Å². The summed E-state index contributed by atoms with van der Waals surface area (Å²) >= 11 is 0. The summed E-state index contributed by atoms with van der Waals surface area (Å²) in [7, 11) is 1.40. The fourth-order valence-corrected chi connectivity index (χ4v) is 5.49. The van der Waals surface area contributed by atoms with Crippen LogP contribution in [0, 0.1) is 11.7 Å². The van der Waals surface area contributed by atoms with E-state index in [2.05, 4.69) is 24.3 Å².